The Balaban J connectivity index is 1.44. The highest BCUT2D eigenvalue weighted by Gasteiger charge is 2.36. The van der Waals surface area contributed by atoms with Crippen molar-refractivity contribution in [3.63, 3.8) is 0 Å². The maximum Gasteiger partial charge on any atom is 0.0136 e. The molecule has 0 aromatic carbocycles. The quantitative estimate of drug-likeness (QED) is 0.825. The molecule has 3 atom stereocenters. The van der Waals surface area contributed by atoms with Crippen LogP contribution in [0.2, 0.25) is 0 Å². The fraction of sp³-hybridized carbons (Fsp3) is 1.00. The summed E-state index contributed by atoms with van der Waals surface area (Å²) in [5.41, 5.74) is 0. The monoisotopic (exact) mass is 268 g/mol. The zero-order chi connectivity index (χ0) is 12.4. The van der Waals surface area contributed by atoms with E-state index in [-0.39, 0.29) is 0 Å². The molecule has 0 bridgehead atoms. The molecule has 2 nitrogen and oxygen atoms in total. The third kappa shape index (κ3) is 3.23. The van der Waals surface area contributed by atoms with E-state index in [1.54, 1.807) is 0 Å². The minimum atomic E-state index is 0.885. The molecule has 0 amide bonds. The van der Waals surface area contributed by atoms with Gasteiger partial charge in [-0.25, -0.2) is 0 Å². The number of rotatable bonds is 5. The first-order valence-electron chi connectivity index (χ1n) is 7.87. The Labute approximate surface area is 116 Å². The smallest absolute Gasteiger partial charge is 0.0136 e. The second-order valence-corrected chi connectivity index (χ2v) is 7.55. The van der Waals surface area contributed by atoms with Crippen LogP contribution in [0.5, 0.6) is 0 Å². The fourth-order valence-electron chi connectivity index (χ4n) is 3.53. The molecule has 1 aliphatic heterocycles. The second kappa shape index (κ2) is 6.15. The van der Waals surface area contributed by atoms with Gasteiger partial charge in [0.1, 0.15) is 0 Å². The van der Waals surface area contributed by atoms with Crippen molar-refractivity contribution in [3.8, 4) is 0 Å². The summed E-state index contributed by atoms with van der Waals surface area (Å²) >= 11 is 2.08. The molecule has 3 unspecified atom stereocenters. The summed E-state index contributed by atoms with van der Waals surface area (Å²) in [5, 5.41) is 4.66. The van der Waals surface area contributed by atoms with Crippen molar-refractivity contribution in [1.29, 1.82) is 0 Å². The normalized spacial score (nSPS) is 38.2. The van der Waals surface area contributed by atoms with Crippen molar-refractivity contribution in [2.24, 2.45) is 5.92 Å². The van der Waals surface area contributed by atoms with Crippen LogP contribution in [0.25, 0.3) is 0 Å². The summed E-state index contributed by atoms with van der Waals surface area (Å²) in [5.74, 6) is 0.955. The average Bonchev–Trinajstić information content (AvgIpc) is 3.15. The molecular weight excluding hydrogens is 240 g/mol. The van der Waals surface area contributed by atoms with E-state index in [9.17, 15) is 0 Å². The Morgan fingerprint density at radius 1 is 1.06 bits per heavy atom. The van der Waals surface area contributed by atoms with Gasteiger partial charge in [-0.2, -0.15) is 11.8 Å². The lowest BCUT2D eigenvalue weighted by molar-refractivity contribution is 0.0645. The molecule has 0 aromatic rings. The zero-order valence-electron chi connectivity index (χ0n) is 11.7. The molecule has 18 heavy (non-hydrogen) atoms. The van der Waals surface area contributed by atoms with E-state index in [4.69, 9.17) is 0 Å². The minimum absolute atomic E-state index is 0.885. The van der Waals surface area contributed by atoms with E-state index in [1.807, 2.05) is 0 Å². The molecule has 0 aromatic heterocycles. The van der Waals surface area contributed by atoms with E-state index < -0.39 is 0 Å². The van der Waals surface area contributed by atoms with E-state index in [0.717, 1.165) is 23.3 Å². The molecule has 104 valence electrons. The first-order chi connectivity index (χ1) is 8.86. The zero-order valence-corrected chi connectivity index (χ0v) is 12.6. The van der Waals surface area contributed by atoms with Crippen LogP contribution in [0.1, 0.15) is 44.9 Å². The van der Waals surface area contributed by atoms with Gasteiger partial charge in [-0.1, -0.05) is 0 Å². The van der Waals surface area contributed by atoms with Crippen LogP contribution in [-0.4, -0.2) is 48.1 Å². The number of nitrogens with one attached hydrogen (secondary N) is 1. The number of hydrogen-bond acceptors (Lipinski definition) is 3. The van der Waals surface area contributed by atoms with Crippen LogP contribution in [0.3, 0.4) is 0 Å². The Hall–Kier alpha value is 0.270. The standard InChI is InChI=1S/C15H28N2S/c1-18-14-3-2-9-17(10-8-14)15-7-4-12(15)11-16-13-5-6-13/h12-16H,2-11H2,1H3. The molecule has 0 radical (unpaired) electrons. The number of likely N-dealkylation sites (tertiary alicyclic amines) is 1. The predicted molar refractivity (Wildman–Crippen MR) is 80.3 cm³/mol. The molecule has 3 aliphatic rings. The van der Waals surface area contributed by atoms with Gasteiger partial charge < -0.3 is 10.2 Å². The molecule has 3 heteroatoms. The van der Waals surface area contributed by atoms with Crippen molar-refractivity contribution < 1.29 is 0 Å². The largest absolute Gasteiger partial charge is 0.314 e. The fourth-order valence-corrected chi connectivity index (χ4v) is 4.27. The topological polar surface area (TPSA) is 15.3 Å². The van der Waals surface area contributed by atoms with Crippen molar-refractivity contribution in [1.82, 2.24) is 10.2 Å². The van der Waals surface area contributed by atoms with Crippen molar-refractivity contribution >= 4 is 11.8 Å². The molecule has 1 heterocycles. The van der Waals surface area contributed by atoms with Crippen molar-refractivity contribution in [2.75, 3.05) is 25.9 Å². The van der Waals surface area contributed by atoms with Crippen molar-refractivity contribution in [2.45, 2.75) is 62.3 Å². The van der Waals surface area contributed by atoms with Gasteiger partial charge in [0.2, 0.25) is 0 Å². The van der Waals surface area contributed by atoms with Gasteiger partial charge in [-0.05, 0) is 76.8 Å². The molecule has 0 spiro atoms. The maximum atomic E-state index is 3.73. The van der Waals surface area contributed by atoms with Gasteiger partial charge in [0.15, 0.2) is 0 Å². The molecular formula is C15H28N2S. The third-order valence-corrected chi connectivity index (χ3v) is 6.27. The lowest BCUT2D eigenvalue weighted by Gasteiger charge is -2.44. The Kier molecular flexibility index (Phi) is 4.53. The van der Waals surface area contributed by atoms with Gasteiger partial charge in [0.05, 0.1) is 0 Å². The lowest BCUT2D eigenvalue weighted by Crippen LogP contribution is -2.51. The van der Waals surface area contributed by atoms with Gasteiger partial charge in [-0.3, -0.25) is 0 Å². The number of nitrogens with zero attached hydrogens (tertiary/aromatic N) is 1. The minimum Gasteiger partial charge on any atom is -0.314 e. The Morgan fingerprint density at radius 2 is 1.94 bits per heavy atom. The Bertz CT molecular complexity index is 267. The van der Waals surface area contributed by atoms with E-state index in [1.165, 1.54) is 64.6 Å². The molecule has 1 saturated heterocycles. The highest BCUT2D eigenvalue weighted by Crippen LogP contribution is 2.34. The average molecular weight is 268 g/mol. The highest BCUT2D eigenvalue weighted by atomic mass is 32.2. The Morgan fingerprint density at radius 3 is 2.61 bits per heavy atom. The summed E-state index contributed by atoms with van der Waals surface area (Å²) in [4.78, 5) is 2.82. The molecule has 3 fully saturated rings. The number of thioether (sulfide) groups is 1. The predicted octanol–water partition coefficient (Wildman–Crippen LogP) is 2.73. The summed E-state index contributed by atoms with van der Waals surface area (Å²) < 4.78 is 0. The van der Waals surface area contributed by atoms with Crippen molar-refractivity contribution in [3.05, 3.63) is 0 Å². The van der Waals surface area contributed by atoms with Gasteiger partial charge in [0, 0.05) is 17.3 Å². The maximum absolute atomic E-state index is 3.73. The summed E-state index contributed by atoms with van der Waals surface area (Å²) in [6.45, 7) is 4.01. The van der Waals surface area contributed by atoms with Crippen LogP contribution < -0.4 is 5.32 Å². The highest BCUT2D eigenvalue weighted by molar-refractivity contribution is 7.99. The molecule has 2 aliphatic carbocycles. The van der Waals surface area contributed by atoms with E-state index in [0.29, 0.717) is 0 Å². The summed E-state index contributed by atoms with van der Waals surface area (Å²) in [6, 6.07) is 1.80. The van der Waals surface area contributed by atoms with Crippen LogP contribution in [-0.2, 0) is 0 Å². The van der Waals surface area contributed by atoms with E-state index in [2.05, 4.69) is 28.2 Å². The van der Waals surface area contributed by atoms with Crippen LogP contribution in [0.15, 0.2) is 0 Å². The number of hydrogen-bond donors (Lipinski definition) is 1. The van der Waals surface area contributed by atoms with Gasteiger partial charge in [0.25, 0.3) is 0 Å². The second-order valence-electron chi connectivity index (χ2n) is 6.41. The van der Waals surface area contributed by atoms with Crippen LogP contribution in [0, 0.1) is 5.92 Å². The van der Waals surface area contributed by atoms with Crippen LogP contribution in [0.4, 0.5) is 0 Å². The van der Waals surface area contributed by atoms with Gasteiger partial charge >= 0.3 is 0 Å². The first kappa shape index (κ1) is 13.3. The summed E-state index contributed by atoms with van der Waals surface area (Å²) in [7, 11) is 0. The van der Waals surface area contributed by atoms with Gasteiger partial charge in [-0.15, -0.1) is 0 Å². The molecule has 3 rings (SSSR count). The molecule has 1 N–H and O–H groups in total. The SMILES string of the molecule is CSC1CCCN(C2CCC2CNC2CC2)CC1. The summed E-state index contributed by atoms with van der Waals surface area (Å²) in [6.07, 6.45) is 12.3. The first-order valence-corrected chi connectivity index (χ1v) is 9.16. The van der Waals surface area contributed by atoms with E-state index >= 15 is 0 Å². The van der Waals surface area contributed by atoms with Crippen LogP contribution >= 0.6 is 11.8 Å². The third-order valence-electron chi connectivity index (χ3n) is 5.14. The molecule has 2 saturated carbocycles. The lowest BCUT2D eigenvalue weighted by atomic mass is 9.78.